The maximum Gasteiger partial charge on any atom is 0.416 e. The van der Waals surface area contributed by atoms with Crippen molar-refractivity contribution in [1.82, 2.24) is 4.90 Å². The Hall–Kier alpha value is -4.01. The molecule has 0 aliphatic carbocycles. The predicted octanol–water partition coefficient (Wildman–Crippen LogP) is 6.20. The van der Waals surface area contributed by atoms with Crippen molar-refractivity contribution in [2.45, 2.75) is 32.7 Å². The second-order valence-corrected chi connectivity index (χ2v) is 8.08. The van der Waals surface area contributed by atoms with E-state index in [1.165, 1.54) is 36.3 Å². The molecule has 36 heavy (non-hydrogen) atoms. The fourth-order valence-electron chi connectivity index (χ4n) is 3.93. The van der Waals surface area contributed by atoms with Crippen LogP contribution in [0, 0.1) is 0 Å². The van der Waals surface area contributed by atoms with E-state index < -0.39 is 29.8 Å². The zero-order valence-corrected chi connectivity index (χ0v) is 20.1. The van der Waals surface area contributed by atoms with Crippen LogP contribution in [0.1, 0.15) is 46.9 Å². The summed E-state index contributed by atoms with van der Waals surface area (Å²) in [6.45, 7) is 3.54. The third-order valence-electron chi connectivity index (χ3n) is 5.85. The molecule has 0 aliphatic heterocycles. The van der Waals surface area contributed by atoms with Crippen LogP contribution < -0.4 is 10.5 Å². The number of hydrogen-bond donors (Lipinski definition) is 1. The molecule has 0 aromatic heterocycles. The van der Waals surface area contributed by atoms with Gasteiger partial charge in [-0.25, -0.2) is 4.79 Å². The summed E-state index contributed by atoms with van der Waals surface area (Å²) in [6, 6.07) is 16.0. The molecule has 0 spiro atoms. The number of methoxy groups -OCH3 is 1. The molecule has 3 aromatic carbocycles. The Labute approximate surface area is 207 Å². The fourth-order valence-corrected chi connectivity index (χ4v) is 3.93. The number of carbonyl (C=O) groups excluding carboxylic acids is 2. The Balaban J connectivity index is 2.07. The van der Waals surface area contributed by atoms with Crippen molar-refractivity contribution in [3.8, 4) is 16.9 Å². The first-order valence-corrected chi connectivity index (χ1v) is 11.2. The first-order valence-electron chi connectivity index (χ1n) is 11.2. The average Bonchev–Trinajstić information content (AvgIpc) is 2.87. The number of amides is 2. The van der Waals surface area contributed by atoms with Crippen LogP contribution in [-0.2, 0) is 17.5 Å². The molecule has 3 aromatic rings. The minimum atomic E-state index is -4.60. The molecule has 0 bridgehead atoms. The van der Waals surface area contributed by atoms with Gasteiger partial charge in [0.15, 0.2) is 0 Å². The van der Waals surface area contributed by atoms with Gasteiger partial charge in [-0.1, -0.05) is 36.4 Å². The van der Waals surface area contributed by atoms with Crippen molar-refractivity contribution in [3.63, 3.8) is 0 Å². The van der Waals surface area contributed by atoms with E-state index in [0.717, 1.165) is 17.7 Å². The van der Waals surface area contributed by atoms with Crippen molar-refractivity contribution in [2.75, 3.05) is 13.7 Å². The van der Waals surface area contributed by atoms with Crippen LogP contribution in [0.2, 0.25) is 0 Å². The lowest BCUT2D eigenvalue weighted by atomic mass is 9.91. The van der Waals surface area contributed by atoms with Gasteiger partial charge in [0.25, 0.3) is 0 Å². The molecule has 6 nitrogen and oxygen atoms in total. The molecule has 0 saturated carbocycles. The molecule has 9 heteroatoms. The van der Waals surface area contributed by atoms with Gasteiger partial charge < -0.3 is 20.1 Å². The zero-order valence-electron chi connectivity index (χ0n) is 20.1. The molecule has 1 unspecified atom stereocenters. The number of alkyl halides is 3. The van der Waals surface area contributed by atoms with E-state index in [4.69, 9.17) is 15.2 Å². The number of carbonyl (C=O) groups is 2. The van der Waals surface area contributed by atoms with E-state index in [1.54, 1.807) is 26.0 Å². The molecule has 0 radical (unpaired) electrons. The van der Waals surface area contributed by atoms with Gasteiger partial charge in [-0.15, -0.1) is 0 Å². The van der Waals surface area contributed by atoms with Crippen LogP contribution in [0.25, 0.3) is 11.1 Å². The lowest BCUT2D eigenvalue weighted by molar-refractivity contribution is -0.137. The van der Waals surface area contributed by atoms with Crippen LogP contribution in [0.15, 0.2) is 66.7 Å². The Kier molecular flexibility index (Phi) is 8.24. The molecule has 190 valence electrons. The lowest BCUT2D eigenvalue weighted by Crippen LogP contribution is -2.34. The van der Waals surface area contributed by atoms with Gasteiger partial charge >= 0.3 is 12.3 Å². The van der Waals surface area contributed by atoms with Gasteiger partial charge in [0.05, 0.1) is 18.7 Å². The number of hydrogen-bond acceptors (Lipinski definition) is 4. The second kappa shape index (κ2) is 11.2. The van der Waals surface area contributed by atoms with Crippen LogP contribution in [0.3, 0.4) is 0 Å². The summed E-state index contributed by atoms with van der Waals surface area (Å²) in [6.07, 6.45) is -5.27. The molecule has 2 amide bonds. The first-order chi connectivity index (χ1) is 17.1. The highest BCUT2D eigenvalue weighted by Crippen LogP contribution is 2.40. The number of nitrogens with zero attached hydrogens (tertiary/aromatic N) is 1. The van der Waals surface area contributed by atoms with Crippen LogP contribution in [0.4, 0.5) is 18.0 Å². The molecule has 3 rings (SSSR count). The molecule has 0 fully saturated rings. The summed E-state index contributed by atoms with van der Waals surface area (Å²) in [5.74, 6) is -0.358. The monoisotopic (exact) mass is 500 g/mol. The minimum Gasteiger partial charge on any atom is -0.496 e. The van der Waals surface area contributed by atoms with E-state index in [-0.39, 0.29) is 24.3 Å². The minimum absolute atomic E-state index is 0.0207. The predicted molar refractivity (Wildman–Crippen MR) is 129 cm³/mol. The second-order valence-electron chi connectivity index (χ2n) is 8.08. The molecule has 1 atom stereocenters. The highest BCUT2D eigenvalue weighted by Gasteiger charge is 2.33. The molecular weight excluding hydrogens is 473 g/mol. The third kappa shape index (κ3) is 5.97. The normalized spacial score (nSPS) is 12.1. The molecule has 0 heterocycles. The largest absolute Gasteiger partial charge is 0.496 e. The van der Waals surface area contributed by atoms with E-state index >= 15 is 0 Å². The number of primary amides is 1. The van der Waals surface area contributed by atoms with Gasteiger partial charge in [0.1, 0.15) is 12.4 Å². The quantitative estimate of drug-likeness (QED) is 0.399. The first kappa shape index (κ1) is 26.6. The summed E-state index contributed by atoms with van der Waals surface area (Å²) in [5, 5.41) is 0. The summed E-state index contributed by atoms with van der Waals surface area (Å²) in [5.41, 5.74) is 6.45. The smallest absolute Gasteiger partial charge is 0.416 e. The van der Waals surface area contributed by atoms with Crippen LogP contribution in [-0.4, -0.2) is 30.6 Å². The van der Waals surface area contributed by atoms with E-state index in [0.29, 0.717) is 16.9 Å². The standard InChI is InChI=1S/C27H27F3N2O4/c1-4-32(26(34)36-16-18-8-6-5-7-9-18)17(2)22-15-20(27(28,29)30)11-12-21(22)23-14-19(25(31)33)10-13-24(23)35-3/h5-15,17H,4,16H2,1-3H3,(H2,31,33). The third-order valence-corrected chi connectivity index (χ3v) is 5.85. The van der Waals surface area contributed by atoms with Crippen molar-refractivity contribution in [1.29, 1.82) is 0 Å². The van der Waals surface area contributed by atoms with Crippen molar-refractivity contribution >= 4 is 12.0 Å². The van der Waals surface area contributed by atoms with Crippen molar-refractivity contribution in [3.05, 3.63) is 89.0 Å². The summed E-state index contributed by atoms with van der Waals surface area (Å²) < 4.78 is 51.8. The summed E-state index contributed by atoms with van der Waals surface area (Å²) in [7, 11) is 1.41. The number of nitrogens with two attached hydrogens (primary N) is 1. The molecule has 0 aliphatic rings. The van der Waals surface area contributed by atoms with Crippen LogP contribution in [0.5, 0.6) is 5.75 Å². The number of rotatable bonds is 8. The Morgan fingerprint density at radius 1 is 1.00 bits per heavy atom. The Morgan fingerprint density at radius 2 is 1.69 bits per heavy atom. The summed E-state index contributed by atoms with van der Waals surface area (Å²) in [4.78, 5) is 26.1. The van der Waals surface area contributed by atoms with Gasteiger partial charge in [0, 0.05) is 17.7 Å². The maximum atomic E-state index is 13.6. The van der Waals surface area contributed by atoms with Crippen molar-refractivity contribution in [2.24, 2.45) is 5.73 Å². The van der Waals surface area contributed by atoms with Gasteiger partial charge in [0.2, 0.25) is 5.91 Å². The fraction of sp³-hybridized carbons (Fsp3) is 0.259. The van der Waals surface area contributed by atoms with E-state index in [2.05, 4.69) is 0 Å². The topological polar surface area (TPSA) is 81.9 Å². The lowest BCUT2D eigenvalue weighted by Gasteiger charge is -2.30. The number of ether oxygens (including phenoxy) is 2. The average molecular weight is 501 g/mol. The molecule has 2 N–H and O–H groups in total. The van der Waals surface area contributed by atoms with E-state index in [1.807, 2.05) is 18.2 Å². The van der Waals surface area contributed by atoms with Gasteiger partial charge in [-0.3, -0.25) is 4.79 Å². The van der Waals surface area contributed by atoms with Gasteiger partial charge in [-0.05, 0) is 60.9 Å². The van der Waals surface area contributed by atoms with Crippen LogP contribution >= 0.6 is 0 Å². The highest BCUT2D eigenvalue weighted by atomic mass is 19.4. The number of benzene rings is 3. The SMILES string of the molecule is CCN(C(=O)OCc1ccccc1)C(C)c1cc(C(F)(F)F)ccc1-c1cc(C(N)=O)ccc1OC. The van der Waals surface area contributed by atoms with Crippen molar-refractivity contribution < 1.29 is 32.2 Å². The zero-order chi connectivity index (χ0) is 26.5. The summed E-state index contributed by atoms with van der Waals surface area (Å²) >= 11 is 0. The molecular formula is C27H27F3N2O4. The van der Waals surface area contributed by atoms with E-state index in [9.17, 15) is 22.8 Å². The molecule has 0 saturated heterocycles. The Morgan fingerprint density at radius 3 is 2.28 bits per heavy atom. The maximum absolute atomic E-state index is 13.6. The Bertz CT molecular complexity index is 1230. The van der Waals surface area contributed by atoms with Gasteiger partial charge in [-0.2, -0.15) is 13.2 Å². The number of halogens is 3. The highest BCUT2D eigenvalue weighted by molar-refractivity contribution is 5.95.